The van der Waals surface area contributed by atoms with E-state index in [1.807, 2.05) is 6.07 Å². The van der Waals surface area contributed by atoms with E-state index in [1.165, 1.54) is 24.0 Å². The Morgan fingerprint density at radius 1 is 1.11 bits per heavy atom. The lowest BCUT2D eigenvalue weighted by Gasteiger charge is -2.31. The second kappa shape index (κ2) is 9.88. The molecule has 0 radical (unpaired) electrons. The molecule has 0 aliphatic carbocycles. The highest BCUT2D eigenvalue weighted by Gasteiger charge is 2.20. The second-order valence-electron chi connectivity index (χ2n) is 8.15. The Labute approximate surface area is 163 Å². The Morgan fingerprint density at radius 2 is 1.93 bits per heavy atom. The smallest absolute Gasteiger partial charge is 0.239 e. The van der Waals surface area contributed by atoms with Gasteiger partial charge in [-0.15, -0.1) is 0 Å². The number of piperidine rings is 1. The van der Waals surface area contributed by atoms with E-state index in [4.69, 9.17) is 0 Å². The fraction of sp³-hybridized carbons (Fsp3) is 0.636. The van der Waals surface area contributed by atoms with Crippen molar-refractivity contribution in [2.45, 2.75) is 58.5 Å². The summed E-state index contributed by atoms with van der Waals surface area (Å²) in [5.74, 6) is 0.811. The molecule has 2 heterocycles. The van der Waals surface area contributed by atoms with E-state index in [0.717, 1.165) is 44.8 Å². The van der Waals surface area contributed by atoms with Crippen molar-refractivity contribution < 1.29 is 9.59 Å². The van der Waals surface area contributed by atoms with Crippen LogP contribution >= 0.6 is 0 Å². The number of carbonyl (C=O) groups excluding carboxylic acids is 2. The summed E-state index contributed by atoms with van der Waals surface area (Å²) in [5.41, 5.74) is 2.46. The molecule has 27 heavy (non-hydrogen) atoms. The SMILES string of the molecule is CC1CCCN(Cc2ccccc2CNC(=O)CN2CCCCCC2=O)C1. The first-order valence-corrected chi connectivity index (χ1v) is 10.5. The first kappa shape index (κ1) is 19.9. The van der Waals surface area contributed by atoms with Crippen molar-refractivity contribution in [1.29, 1.82) is 0 Å². The predicted octanol–water partition coefficient (Wildman–Crippen LogP) is 2.94. The lowest BCUT2D eigenvalue weighted by molar-refractivity contribution is -0.135. The normalized spacial score (nSPS) is 21.7. The second-order valence-corrected chi connectivity index (χ2v) is 8.15. The van der Waals surface area contributed by atoms with Gasteiger partial charge in [0.2, 0.25) is 11.8 Å². The van der Waals surface area contributed by atoms with E-state index < -0.39 is 0 Å². The molecule has 1 N–H and O–H groups in total. The summed E-state index contributed by atoms with van der Waals surface area (Å²) in [6.07, 6.45) is 6.18. The van der Waals surface area contributed by atoms with Crippen molar-refractivity contribution in [3.8, 4) is 0 Å². The minimum atomic E-state index is -0.0633. The highest BCUT2D eigenvalue weighted by Crippen LogP contribution is 2.19. The number of likely N-dealkylation sites (tertiary alicyclic amines) is 2. The topological polar surface area (TPSA) is 52.7 Å². The van der Waals surface area contributed by atoms with Crippen LogP contribution in [0.15, 0.2) is 24.3 Å². The number of hydrogen-bond acceptors (Lipinski definition) is 3. The molecule has 2 amide bonds. The zero-order valence-electron chi connectivity index (χ0n) is 16.6. The molecule has 148 valence electrons. The summed E-state index contributed by atoms with van der Waals surface area (Å²) in [6.45, 7) is 6.99. The van der Waals surface area contributed by atoms with Crippen LogP contribution in [0.25, 0.3) is 0 Å². The van der Waals surface area contributed by atoms with Gasteiger partial charge >= 0.3 is 0 Å². The molecule has 1 unspecified atom stereocenters. The molecule has 2 saturated heterocycles. The average Bonchev–Trinajstić information content (AvgIpc) is 2.85. The average molecular weight is 372 g/mol. The van der Waals surface area contributed by atoms with Crippen molar-refractivity contribution >= 4 is 11.8 Å². The monoisotopic (exact) mass is 371 g/mol. The van der Waals surface area contributed by atoms with Crippen molar-refractivity contribution in [3.63, 3.8) is 0 Å². The number of carbonyl (C=O) groups is 2. The molecule has 2 aliphatic rings. The number of rotatable bonds is 6. The first-order valence-electron chi connectivity index (χ1n) is 10.5. The Balaban J connectivity index is 1.53. The largest absolute Gasteiger partial charge is 0.350 e. The van der Waals surface area contributed by atoms with Crippen LogP contribution in [0.5, 0.6) is 0 Å². The lowest BCUT2D eigenvalue weighted by atomic mass is 9.99. The van der Waals surface area contributed by atoms with Gasteiger partial charge in [-0.05, 0) is 49.3 Å². The van der Waals surface area contributed by atoms with Gasteiger partial charge < -0.3 is 10.2 Å². The minimum absolute atomic E-state index is 0.0633. The van der Waals surface area contributed by atoms with Crippen molar-refractivity contribution in [2.75, 3.05) is 26.2 Å². The zero-order chi connectivity index (χ0) is 19.1. The molecule has 0 spiro atoms. The van der Waals surface area contributed by atoms with E-state index in [2.05, 4.69) is 35.3 Å². The Kier molecular flexibility index (Phi) is 7.27. The Hall–Kier alpha value is -1.88. The molecule has 5 heteroatoms. The summed E-state index contributed by atoms with van der Waals surface area (Å²) in [5, 5.41) is 3.02. The zero-order valence-corrected chi connectivity index (χ0v) is 16.6. The highest BCUT2D eigenvalue weighted by molar-refractivity contribution is 5.84. The van der Waals surface area contributed by atoms with E-state index in [-0.39, 0.29) is 18.4 Å². The first-order chi connectivity index (χ1) is 13.1. The summed E-state index contributed by atoms with van der Waals surface area (Å²) in [6, 6.07) is 8.37. The van der Waals surface area contributed by atoms with Gasteiger partial charge in [0.1, 0.15) is 0 Å². The fourth-order valence-electron chi connectivity index (χ4n) is 4.18. The van der Waals surface area contributed by atoms with E-state index in [9.17, 15) is 9.59 Å². The quantitative estimate of drug-likeness (QED) is 0.836. The molecule has 2 fully saturated rings. The lowest BCUT2D eigenvalue weighted by Crippen LogP contribution is -2.40. The molecule has 2 aliphatic heterocycles. The van der Waals surface area contributed by atoms with Crippen LogP contribution < -0.4 is 5.32 Å². The number of amides is 2. The Morgan fingerprint density at radius 3 is 2.74 bits per heavy atom. The van der Waals surface area contributed by atoms with Gasteiger partial charge in [-0.25, -0.2) is 0 Å². The molecule has 1 atom stereocenters. The summed E-state index contributed by atoms with van der Waals surface area (Å²) in [4.78, 5) is 28.7. The maximum absolute atomic E-state index is 12.4. The Bertz CT molecular complexity index is 646. The van der Waals surface area contributed by atoms with E-state index in [1.54, 1.807) is 4.90 Å². The third kappa shape index (κ3) is 6.06. The predicted molar refractivity (Wildman–Crippen MR) is 107 cm³/mol. The number of benzene rings is 1. The van der Waals surface area contributed by atoms with Gasteiger partial charge in [0, 0.05) is 32.6 Å². The number of nitrogens with one attached hydrogen (secondary N) is 1. The summed E-state index contributed by atoms with van der Waals surface area (Å²) >= 11 is 0. The van der Waals surface area contributed by atoms with Gasteiger partial charge in [-0.1, -0.05) is 37.6 Å². The van der Waals surface area contributed by atoms with Crippen LogP contribution in [0.1, 0.15) is 56.6 Å². The molecule has 0 aromatic heterocycles. The van der Waals surface area contributed by atoms with Crippen molar-refractivity contribution in [2.24, 2.45) is 5.92 Å². The standard InChI is InChI=1S/C22H33N3O2/c1-18-8-7-12-24(15-18)16-20-10-5-4-9-19(20)14-23-21(26)17-25-13-6-2-3-11-22(25)27/h4-5,9-10,18H,2-3,6-8,11-17H2,1H3,(H,23,26). The highest BCUT2D eigenvalue weighted by atomic mass is 16.2. The number of nitrogens with zero attached hydrogens (tertiary/aromatic N) is 2. The van der Waals surface area contributed by atoms with Crippen LogP contribution in [-0.2, 0) is 22.7 Å². The van der Waals surface area contributed by atoms with Crippen LogP contribution in [0.3, 0.4) is 0 Å². The third-order valence-electron chi connectivity index (χ3n) is 5.74. The summed E-state index contributed by atoms with van der Waals surface area (Å²) in [7, 11) is 0. The van der Waals surface area contributed by atoms with Crippen LogP contribution in [0, 0.1) is 5.92 Å². The molecule has 5 nitrogen and oxygen atoms in total. The molecular formula is C22H33N3O2. The molecule has 1 aromatic carbocycles. The molecule has 0 saturated carbocycles. The third-order valence-corrected chi connectivity index (χ3v) is 5.74. The molecular weight excluding hydrogens is 338 g/mol. The number of hydrogen-bond donors (Lipinski definition) is 1. The summed E-state index contributed by atoms with van der Waals surface area (Å²) < 4.78 is 0. The maximum Gasteiger partial charge on any atom is 0.239 e. The minimum Gasteiger partial charge on any atom is -0.350 e. The van der Waals surface area contributed by atoms with E-state index in [0.29, 0.717) is 19.5 Å². The van der Waals surface area contributed by atoms with Gasteiger partial charge in [-0.2, -0.15) is 0 Å². The molecule has 1 aromatic rings. The van der Waals surface area contributed by atoms with Gasteiger partial charge in [0.15, 0.2) is 0 Å². The van der Waals surface area contributed by atoms with E-state index >= 15 is 0 Å². The van der Waals surface area contributed by atoms with Crippen LogP contribution in [0.2, 0.25) is 0 Å². The van der Waals surface area contributed by atoms with Crippen molar-refractivity contribution in [1.82, 2.24) is 15.1 Å². The molecule has 0 bridgehead atoms. The van der Waals surface area contributed by atoms with Gasteiger partial charge in [-0.3, -0.25) is 14.5 Å². The maximum atomic E-state index is 12.4. The van der Waals surface area contributed by atoms with Crippen molar-refractivity contribution in [3.05, 3.63) is 35.4 Å². The molecule has 3 rings (SSSR count). The van der Waals surface area contributed by atoms with Crippen LogP contribution in [-0.4, -0.2) is 47.8 Å². The van der Waals surface area contributed by atoms with Crippen LogP contribution in [0.4, 0.5) is 0 Å². The van der Waals surface area contributed by atoms with Gasteiger partial charge in [0.05, 0.1) is 6.54 Å². The fourth-order valence-corrected chi connectivity index (χ4v) is 4.18. The van der Waals surface area contributed by atoms with Gasteiger partial charge in [0.25, 0.3) is 0 Å².